The van der Waals surface area contributed by atoms with Gasteiger partial charge in [-0.3, -0.25) is 14.9 Å². The Morgan fingerprint density at radius 1 is 1.10 bits per heavy atom. The molecule has 160 valence electrons. The molecule has 0 aliphatic carbocycles. The molecule has 1 aliphatic rings. The number of nitrogens with zero attached hydrogens (tertiary/aromatic N) is 3. The van der Waals surface area contributed by atoms with Gasteiger partial charge in [0, 0.05) is 37.1 Å². The average molecular weight is 439 g/mol. The van der Waals surface area contributed by atoms with E-state index in [1.165, 1.54) is 11.8 Å². The van der Waals surface area contributed by atoms with Gasteiger partial charge in [-0.05, 0) is 31.2 Å². The van der Waals surface area contributed by atoms with Crippen molar-refractivity contribution in [2.75, 3.05) is 31.1 Å². The summed E-state index contributed by atoms with van der Waals surface area (Å²) in [5, 5.41) is 11.0. The lowest BCUT2D eigenvalue weighted by Gasteiger charge is -2.36. The third kappa shape index (κ3) is 5.05. The first-order valence-electron chi connectivity index (χ1n) is 9.28. The molecule has 2 aromatic carbocycles. The van der Waals surface area contributed by atoms with Crippen LogP contribution in [0.3, 0.4) is 0 Å². The van der Waals surface area contributed by atoms with E-state index in [4.69, 9.17) is 0 Å². The van der Waals surface area contributed by atoms with E-state index < -0.39 is 22.4 Å². The second kappa shape index (κ2) is 8.95. The number of thioether (sulfide) groups is 1. The van der Waals surface area contributed by atoms with E-state index in [1.54, 1.807) is 9.80 Å². The van der Waals surface area contributed by atoms with Gasteiger partial charge in [-0.2, -0.15) is 13.2 Å². The van der Waals surface area contributed by atoms with E-state index in [1.807, 2.05) is 37.3 Å². The van der Waals surface area contributed by atoms with E-state index in [0.717, 1.165) is 17.0 Å². The molecule has 1 aliphatic heterocycles. The van der Waals surface area contributed by atoms with Gasteiger partial charge in [0.15, 0.2) is 0 Å². The zero-order chi connectivity index (χ0) is 21.9. The number of amides is 1. The molecule has 2 aromatic rings. The second-order valence-electron chi connectivity index (χ2n) is 6.84. The summed E-state index contributed by atoms with van der Waals surface area (Å²) in [6.07, 6.45) is -4.65. The normalized spacial score (nSPS) is 15.7. The zero-order valence-electron chi connectivity index (χ0n) is 16.1. The van der Waals surface area contributed by atoms with Gasteiger partial charge < -0.3 is 9.80 Å². The fourth-order valence-corrected chi connectivity index (χ4v) is 4.26. The molecule has 0 saturated carbocycles. The van der Waals surface area contributed by atoms with Gasteiger partial charge in [0.05, 0.1) is 15.7 Å². The highest BCUT2D eigenvalue weighted by molar-refractivity contribution is 8.00. The number of anilines is 1. The minimum absolute atomic E-state index is 0.0366. The number of benzene rings is 2. The minimum atomic E-state index is -4.65. The third-order valence-electron chi connectivity index (χ3n) is 4.84. The molecule has 0 N–H and O–H groups in total. The van der Waals surface area contributed by atoms with Crippen molar-refractivity contribution in [2.24, 2.45) is 0 Å². The van der Waals surface area contributed by atoms with E-state index in [2.05, 4.69) is 0 Å². The van der Waals surface area contributed by atoms with Crippen molar-refractivity contribution in [1.82, 2.24) is 4.90 Å². The monoisotopic (exact) mass is 439 g/mol. The zero-order valence-corrected chi connectivity index (χ0v) is 16.9. The molecular formula is C20H20F3N3O3S. The van der Waals surface area contributed by atoms with Crippen molar-refractivity contribution in [1.29, 1.82) is 0 Å². The number of hydrogen-bond donors (Lipinski definition) is 0. The lowest BCUT2D eigenvalue weighted by molar-refractivity contribution is -0.384. The molecule has 1 fully saturated rings. The topological polar surface area (TPSA) is 66.7 Å². The van der Waals surface area contributed by atoms with Crippen LogP contribution in [-0.2, 0) is 11.0 Å². The van der Waals surface area contributed by atoms with Crippen molar-refractivity contribution in [3.8, 4) is 0 Å². The highest BCUT2D eigenvalue weighted by Crippen LogP contribution is 2.37. The van der Waals surface area contributed by atoms with Gasteiger partial charge >= 0.3 is 6.18 Å². The molecule has 30 heavy (non-hydrogen) atoms. The number of rotatable bonds is 5. The molecule has 1 amide bonds. The Kier molecular flexibility index (Phi) is 6.55. The van der Waals surface area contributed by atoms with Crippen LogP contribution in [-0.4, -0.2) is 47.2 Å². The summed E-state index contributed by atoms with van der Waals surface area (Å²) in [6, 6.07) is 12.1. The molecule has 1 saturated heterocycles. The van der Waals surface area contributed by atoms with Gasteiger partial charge in [0.2, 0.25) is 5.91 Å². The maximum atomic E-state index is 12.9. The molecule has 10 heteroatoms. The molecule has 3 rings (SSSR count). The smallest absolute Gasteiger partial charge is 0.362 e. The summed E-state index contributed by atoms with van der Waals surface area (Å²) >= 11 is 1.45. The van der Waals surface area contributed by atoms with Gasteiger partial charge in [-0.25, -0.2) is 0 Å². The molecule has 0 spiro atoms. The number of alkyl halides is 3. The predicted molar refractivity (Wildman–Crippen MR) is 109 cm³/mol. The molecule has 6 nitrogen and oxygen atoms in total. The van der Waals surface area contributed by atoms with E-state index in [9.17, 15) is 28.1 Å². The quantitative estimate of drug-likeness (QED) is 0.391. The molecule has 1 heterocycles. The van der Waals surface area contributed by atoms with Crippen LogP contribution in [0.15, 0.2) is 53.4 Å². The first-order valence-corrected chi connectivity index (χ1v) is 10.2. The summed E-state index contributed by atoms with van der Waals surface area (Å²) in [5.41, 5.74) is -1.51. The summed E-state index contributed by atoms with van der Waals surface area (Å²) in [4.78, 5) is 27.6. The number of carbonyl (C=O) groups is 1. The summed E-state index contributed by atoms with van der Waals surface area (Å²) in [5.74, 6) is -0.0366. The van der Waals surface area contributed by atoms with Crippen molar-refractivity contribution in [3.63, 3.8) is 0 Å². The molecule has 0 aromatic heterocycles. The molecule has 0 radical (unpaired) electrons. The Hall–Kier alpha value is -2.75. The third-order valence-corrected chi connectivity index (χ3v) is 5.93. The van der Waals surface area contributed by atoms with Crippen LogP contribution in [0.1, 0.15) is 12.5 Å². The Balaban J connectivity index is 1.66. The standard InChI is InChI=1S/C20H20F3N3O3S/c1-14(30-16-5-3-2-4-6-16)19(27)25-11-9-24(10-12-25)17-8-7-15(20(21,22)23)13-18(17)26(28)29/h2-8,13-14H,9-12H2,1H3. The maximum absolute atomic E-state index is 12.9. The number of nitro benzene ring substituents is 1. The predicted octanol–water partition coefficient (Wildman–Crippen LogP) is 4.44. The van der Waals surface area contributed by atoms with Crippen LogP contribution in [0.5, 0.6) is 0 Å². The minimum Gasteiger partial charge on any atom is -0.362 e. The van der Waals surface area contributed by atoms with Crippen LogP contribution in [0, 0.1) is 10.1 Å². The van der Waals surface area contributed by atoms with E-state index in [-0.39, 0.29) is 16.8 Å². The SMILES string of the molecule is CC(Sc1ccccc1)C(=O)N1CCN(c2ccc(C(F)(F)F)cc2[N+](=O)[O-])CC1. The number of carbonyl (C=O) groups excluding carboxylic acids is 1. The molecule has 1 unspecified atom stereocenters. The number of piperazine rings is 1. The lowest BCUT2D eigenvalue weighted by Crippen LogP contribution is -2.50. The highest BCUT2D eigenvalue weighted by atomic mass is 32.2. The molecule has 0 bridgehead atoms. The van der Waals surface area contributed by atoms with Crippen molar-refractivity contribution >= 4 is 29.0 Å². The second-order valence-corrected chi connectivity index (χ2v) is 8.26. The van der Waals surface area contributed by atoms with Crippen LogP contribution >= 0.6 is 11.8 Å². The number of hydrogen-bond acceptors (Lipinski definition) is 5. The number of nitro groups is 1. The summed E-state index contributed by atoms with van der Waals surface area (Å²) in [7, 11) is 0. The average Bonchev–Trinajstić information content (AvgIpc) is 2.73. The van der Waals surface area contributed by atoms with Crippen molar-refractivity contribution in [2.45, 2.75) is 23.2 Å². The number of halogens is 3. The fourth-order valence-electron chi connectivity index (χ4n) is 3.29. The Morgan fingerprint density at radius 2 is 1.73 bits per heavy atom. The fraction of sp³-hybridized carbons (Fsp3) is 0.350. The van der Waals surface area contributed by atoms with Crippen LogP contribution in [0.2, 0.25) is 0 Å². The molecular weight excluding hydrogens is 419 g/mol. The maximum Gasteiger partial charge on any atom is 0.416 e. The van der Waals surface area contributed by atoms with E-state index >= 15 is 0 Å². The van der Waals surface area contributed by atoms with Gasteiger partial charge in [0.25, 0.3) is 5.69 Å². The summed E-state index contributed by atoms with van der Waals surface area (Å²) < 4.78 is 38.7. The van der Waals surface area contributed by atoms with Crippen molar-refractivity contribution < 1.29 is 22.9 Å². The Bertz CT molecular complexity index is 917. The van der Waals surface area contributed by atoms with Crippen LogP contribution in [0.4, 0.5) is 24.5 Å². The van der Waals surface area contributed by atoms with Crippen molar-refractivity contribution in [3.05, 3.63) is 64.2 Å². The molecule has 1 atom stereocenters. The van der Waals surface area contributed by atoms with Gasteiger partial charge in [-0.15, -0.1) is 11.8 Å². The largest absolute Gasteiger partial charge is 0.416 e. The lowest BCUT2D eigenvalue weighted by atomic mass is 10.1. The first-order chi connectivity index (χ1) is 14.2. The van der Waals surface area contributed by atoms with Crippen LogP contribution < -0.4 is 4.90 Å². The van der Waals surface area contributed by atoms with Gasteiger partial charge in [-0.1, -0.05) is 18.2 Å². The van der Waals surface area contributed by atoms with E-state index in [0.29, 0.717) is 32.2 Å². The summed E-state index contributed by atoms with van der Waals surface area (Å²) in [6.45, 7) is 3.13. The Morgan fingerprint density at radius 3 is 2.30 bits per heavy atom. The van der Waals surface area contributed by atoms with Crippen LogP contribution in [0.25, 0.3) is 0 Å². The van der Waals surface area contributed by atoms with Gasteiger partial charge in [0.1, 0.15) is 5.69 Å². The Labute approximate surface area is 175 Å². The highest BCUT2D eigenvalue weighted by Gasteiger charge is 2.34. The first kappa shape index (κ1) is 21.9.